The number of nitrogens with two attached hydrogens (primary N) is 1. The Bertz CT molecular complexity index is 1150. The van der Waals surface area contributed by atoms with Gasteiger partial charge in [-0.15, -0.1) is 0 Å². The van der Waals surface area contributed by atoms with Crippen LogP contribution in [0.15, 0.2) is 42.5 Å². The molecule has 2 aliphatic heterocycles. The summed E-state index contributed by atoms with van der Waals surface area (Å²) in [5.41, 5.74) is 10.3. The third-order valence-corrected chi connectivity index (χ3v) is 6.92. The number of amides is 2. The molecule has 2 heterocycles. The van der Waals surface area contributed by atoms with E-state index in [4.69, 9.17) is 16.6 Å². The van der Waals surface area contributed by atoms with E-state index in [0.29, 0.717) is 43.0 Å². The molecule has 0 aromatic heterocycles. The highest BCUT2D eigenvalue weighted by atomic mass is 16.2. The molecule has 2 aromatic rings. The van der Waals surface area contributed by atoms with Gasteiger partial charge < -0.3 is 25.8 Å². The average molecular weight is 490 g/mol. The topological polar surface area (TPSA) is 121 Å². The lowest BCUT2D eigenvalue weighted by Gasteiger charge is -2.35. The van der Waals surface area contributed by atoms with Crippen LogP contribution < -0.4 is 5.73 Å². The number of hydrogen-bond donors (Lipinski definition) is 3. The molecule has 0 bridgehead atoms. The van der Waals surface area contributed by atoms with Gasteiger partial charge in [-0.25, -0.2) is 0 Å². The number of rotatable bonds is 5. The van der Waals surface area contributed by atoms with Crippen molar-refractivity contribution in [3.05, 3.63) is 70.3 Å². The zero-order chi connectivity index (χ0) is 25.8. The minimum atomic E-state index is -0.0426. The van der Waals surface area contributed by atoms with Crippen molar-refractivity contribution in [3.63, 3.8) is 0 Å². The number of carbonyl (C=O) groups is 2. The fraction of sp³-hybridized carbons (Fsp3) is 0.407. The van der Waals surface area contributed by atoms with E-state index in [-0.39, 0.29) is 17.8 Å². The highest BCUT2D eigenvalue weighted by Crippen LogP contribution is 2.17. The van der Waals surface area contributed by atoms with E-state index in [0.717, 1.165) is 49.4 Å². The minimum absolute atomic E-state index is 0.000686. The molecule has 36 heavy (non-hydrogen) atoms. The van der Waals surface area contributed by atoms with Crippen LogP contribution in [0.25, 0.3) is 0 Å². The molecule has 0 spiro atoms. The van der Waals surface area contributed by atoms with Gasteiger partial charge >= 0.3 is 0 Å². The summed E-state index contributed by atoms with van der Waals surface area (Å²) >= 11 is 0. The van der Waals surface area contributed by atoms with Gasteiger partial charge in [-0.05, 0) is 49.2 Å². The van der Waals surface area contributed by atoms with Crippen LogP contribution in [0.2, 0.25) is 0 Å². The molecule has 0 saturated carbocycles. The molecule has 2 amide bonds. The van der Waals surface area contributed by atoms with Gasteiger partial charge in [-0.2, -0.15) is 0 Å². The molecule has 0 unspecified atom stereocenters. The van der Waals surface area contributed by atoms with Crippen LogP contribution in [0.4, 0.5) is 0 Å². The van der Waals surface area contributed by atoms with Gasteiger partial charge in [-0.1, -0.05) is 23.8 Å². The zero-order valence-electron chi connectivity index (χ0n) is 21.1. The van der Waals surface area contributed by atoms with Gasteiger partial charge in [0, 0.05) is 75.7 Å². The van der Waals surface area contributed by atoms with E-state index >= 15 is 0 Å². The maximum absolute atomic E-state index is 13.3. The molecular weight excluding hydrogens is 454 g/mol. The third kappa shape index (κ3) is 5.91. The zero-order valence-corrected chi connectivity index (χ0v) is 21.1. The van der Waals surface area contributed by atoms with Crippen LogP contribution in [0.3, 0.4) is 0 Å². The van der Waals surface area contributed by atoms with Crippen LogP contribution in [0.1, 0.15) is 44.3 Å². The number of hydrogen-bond acceptors (Lipinski definition) is 5. The van der Waals surface area contributed by atoms with Crippen LogP contribution >= 0.6 is 0 Å². The summed E-state index contributed by atoms with van der Waals surface area (Å²) in [4.78, 5) is 34.0. The van der Waals surface area contributed by atoms with Gasteiger partial charge in [-0.3, -0.25) is 19.9 Å². The number of nitrogens with one attached hydrogen (secondary N) is 2. The summed E-state index contributed by atoms with van der Waals surface area (Å²) in [6.07, 6.45) is 0. The maximum Gasteiger partial charge on any atom is 0.253 e. The summed E-state index contributed by atoms with van der Waals surface area (Å²) in [7, 11) is 0. The Hall–Kier alpha value is -3.72. The standard InChI is InChI=1S/C27H35N7O2/c1-19-15-21(18-31-7-9-34(10-8-31)27(29)30)17-24(16-19)26(36)33-13-11-32(12-14-33)25(35)23-5-3-22(4-6-23)20(2)28/h3-6,15-17,28H,7-14,18H2,1-2H3,(H3,29,30). The Labute approximate surface area is 212 Å². The Balaban J connectivity index is 1.34. The summed E-state index contributed by atoms with van der Waals surface area (Å²) in [6.45, 7) is 9.61. The number of benzene rings is 2. The summed E-state index contributed by atoms with van der Waals surface area (Å²) in [5, 5.41) is 15.3. The lowest BCUT2D eigenvalue weighted by atomic mass is 10.0. The molecule has 4 N–H and O–H groups in total. The van der Waals surface area contributed by atoms with Crippen molar-refractivity contribution in [2.75, 3.05) is 52.4 Å². The first-order valence-electron chi connectivity index (χ1n) is 12.4. The van der Waals surface area contributed by atoms with Crippen molar-refractivity contribution in [3.8, 4) is 0 Å². The SMILES string of the molecule is CC(=N)c1ccc(C(=O)N2CCN(C(=O)c3cc(C)cc(CN4CCN(C(=N)N)CC4)c3)CC2)cc1. The van der Waals surface area contributed by atoms with E-state index in [1.165, 1.54) is 0 Å². The van der Waals surface area contributed by atoms with Crippen molar-refractivity contribution >= 4 is 23.5 Å². The van der Waals surface area contributed by atoms with E-state index in [2.05, 4.69) is 11.0 Å². The lowest BCUT2D eigenvalue weighted by Crippen LogP contribution is -2.50. The first kappa shape index (κ1) is 25.4. The molecule has 9 nitrogen and oxygen atoms in total. The van der Waals surface area contributed by atoms with Crippen molar-refractivity contribution in [1.29, 1.82) is 10.8 Å². The van der Waals surface area contributed by atoms with Crippen molar-refractivity contribution in [2.45, 2.75) is 20.4 Å². The van der Waals surface area contributed by atoms with Gasteiger partial charge in [0.25, 0.3) is 11.8 Å². The quantitative estimate of drug-likeness (QED) is 0.438. The van der Waals surface area contributed by atoms with Crippen LogP contribution in [0.5, 0.6) is 0 Å². The predicted octanol–water partition coefficient (Wildman–Crippen LogP) is 1.99. The fourth-order valence-corrected chi connectivity index (χ4v) is 4.82. The Morgan fingerprint density at radius 1 is 0.750 bits per heavy atom. The second kappa shape index (κ2) is 10.9. The van der Waals surface area contributed by atoms with E-state index in [9.17, 15) is 9.59 Å². The van der Waals surface area contributed by atoms with Gasteiger partial charge in [0.15, 0.2) is 5.96 Å². The first-order chi connectivity index (χ1) is 17.2. The number of carbonyl (C=O) groups excluding carboxylic acids is 2. The Morgan fingerprint density at radius 2 is 1.25 bits per heavy atom. The van der Waals surface area contributed by atoms with Gasteiger partial charge in [0.05, 0.1) is 0 Å². The van der Waals surface area contributed by atoms with Gasteiger partial charge in [0.1, 0.15) is 0 Å². The van der Waals surface area contributed by atoms with Crippen LogP contribution in [-0.4, -0.2) is 95.4 Å². The molecule has 0 atom stereocenters. The highest BCUT2D eigenvalue weighted by molar-refractivity contribution is 5.99. The molecule has 9 heteroatoms. The van der Waals surface area contributed by atoms with E-state index in [1.54, 1.807) is 36.1 Å². The van der Waals surface area contributed by atoms with E-state index < -0.39 is 0 Å². The molecule has 0 radical (unpaired) electrons. The molecule has 2 fully saturated rings. The average Bonchev–Trinajstić information content (AvgIpc) is 2.88. The number of guanidine groups is 1. The van der Waals surface area contributed by atoms with Crippen molar-refractivity contribution < 1.29 is 9.59 Å². The van der Waals surface area contributed by atoms with E-state index in [1.807, 2.05) is 28.9 Å². The molecule has 190 valence electrons. The molecular formula is C27H35N7O2. The second-order valence-electron chi connectivity index (χ2n) is 9.64. The second-order valence-corrected chi connectivity index (χ2v) is 9.64. The lowest BCUT2D eigenvalue weighted by molar-refractivity contribution is 0.0535. The van der Waals surface area contributed by atoms with Crippen LogP contribution in [-0.2, 0) is 6.54 Å². The minimum Gasteiger partial charge on any atom is -0.370 e. The highest BCUT2D eigenvalue weighted by Gasteiger charge is 2.26. The monoisotopic (exact) mass is 489 g/mol. The number of nitrogens with zero attached hydrogens (tertiary/aromatic N) is 4. The fourth-order valence-electron chi connectivity index (χ4n) is 4.82. The first-order valence-corrected chi connectivity index (χ1v) is 12.4. The van der Waals surface area contributed by atoms with Crippen molar-refractivity contribution in [2.24, 2.45) is 5.73 Å². The summed E-state index contributed by atoms with van der Waals surface area (Å²) in [6, 6.07) is 13.2. The predicted molar refractivity (Wildman–Crippen MR) is 141 cm³/mol. The molecule has 4 rings (SSSR count). The molecule has 2 aliphatic rings. The largest absolute Gasteiger partial charge is 0.370 e. The van der Waals surface area contributed by atoms with Crippen LogP contribution in [0, 0.1) is 17.7 Å². The summed E-state index contributed by atoms with van der Waals surface area (Å²) in [5.74, 6) is 0.0777. The third-order valence-electron chi connectivity index (χ3n) is 6.92. The summed E-state index contributed by atoms with van der Waals surface area (Å²) < 4.78 is 0. The van der Waals surface area contributed by atoms with Crippen molar-refractivity contribution in [1.82, 2.24) is 19.6 Å². The molecule has 0 aliphatic carbocycles. The smallest absolute Gasteiger partial charge is 0.253 e. The Kier molecular flexibility index (Phi) is 7.69. The molecule has 2 saturated heterocycles. The number of piperazine rings is 2. The normalized spacial score (nSPS) is 16.7. The van der Waals surface area contributed by atoms with Gasteiger partial charge in [0.2, 0.25) is 0 Å². The Morgan fingerprint density at radius 3 is 1.78 bits per heavy atom. The maximum atomic E-state index is 13.3. The molecule has 2 aromatic carbocycles. The number of aryl methyl sites for hydroxylation is 1.